The summed E-state index contributed by atoms with van der Waals surface area (Å²) in [5.74, 6) is 0. The zero-order valence-corrected chi connectivity index (χ0v) is 13.5. The van der Waals surface area contributed by atoms with Crippen LogP contribution in [0.5, 0.6) is 0 Å². The highest BCUT2D eigenvalue weighted by atomic mass is 79.9. The summed E-state index contributed by atoms with van der Waals surface area (Å²) < 4.78 is 23.6. The van der Waals surface area contributed by atoms with E-state index in [9.17, 15) is 8.42 Å². The lowest BCUT2D eigenvalue weighted by Gasteiger charge is -2.08. The van der Waals surface area contributed by atoms with Gasteiger partial charge in [0, 0.05) is 11.4 Å². The second-order valence-corrected chi connectivity index (χ2v) is 8.26. The molecule has 0 aliphatic heterocycles. The van der Waals surface area contributed by atoms with Gasteiger partial charge in [-0.3, -0.25) is 0 Å². The summed E-state index contributed by atoms with van der Waals surface area (Å²) in [4.78, 5) is 1.13. The number of nitrogens with one attached hydrogen (secondary N) is 1. The molecule has 4 nitrogen and oxygen atoms in total. The van der Waals surface area contributed by atoms with Crippen molar-refractivity contribution in [3.8, 4) is 0 Å². The average Bonchev–Trinajstić information content (AvgIpc) is 2.72. The lowest BCUT2D eigenvalue weighted by atomic mass is 10.3. The van der Waals surface area contributed by atoms with Gasteiger partial charge in [-0.05, 0) is 46.3 Å². The molecule has 0 fully saturated rings. The van der Waals surface area contributed by atoms with Gasteiger partial charge in [-0.1, -0.05) is 11.6 Å². The van der Waals surface area contributed by atoms with Gasteiger partial charge >= 0.3 is 0 Å². The number of sulfonamides is 1. The smallest absolute Gasteiger partial charge is 0.238 e. The first kappa shape index (κ1) is 14.8. The average molecular weight is 382 g/mol. The molecule has 2 aromatic rings. The molecule has 1 heterocycles. The largest absolute Gasteiger partial charge is 0.379 e. The standard InChI is InChI=1S/C11H10BrClN2O2S2/c12-11-4-1-7(18-11)6-15-10-5-8(19(14,16)17)2-3-9(10)13/h1-5,15H,6H2,(H2,14,16,17). The molecule has 8 heteroatoms. The summed E-state index contributed by atoms with van der Waals surface area (Å²) in [6.45, 7) is 0.560. The molecule has 1 aromatic carbocycles. The topological polar surface area (TPSA) is 72.2 Å². The molecule has 0 spiro atoms. The van der Waals surface area contributed by atoms with Gasteiger partial charge in [0.25, 0.3) is 0 Å². The number of primary sulfonamides is 1. The van der Waals surface area contributed by atoms with Gasteiger partial charge in [-0.2, -0.15) is 0 Å². The van der Waals surface area contributed by atoms with Gasteiger partial charge in [0.05, 0.1) is 19.4 Å². The monoisotopic (exact) mass is 380 g/mol. The van der Waals surface area contributed by atoms with E-state index >= 15 is 0 Å². The number of thiophene rings is 1. The summed E-state index contributed by atoms with van der Waals surface area (Å²) in [5.41, 5.74) is 0.540. The van der Waals surface area contributed by atoms with Crippen LogP contribution in [0.25, 0.3) is 0 Å². The highest BCUT2D eigenvalue weighted by Gasteiger charge is 2.10. The minimum absolute atomic E-state index is 0.0340. The van der Waals surface area contributed by atoms with Gasteiger partial charge in [-0.25, -0.2) is 13.6 Å². The first-order chi connectivity index (χ1) is 8.86. The molecule has 0 unspecified atom stereocenters. The highest BCUT2D eigenvalue weighted by Crippen LogP contribution is 2.27. The van der Waals surface area contributed by atoms with E-state index < -0.39 is 10.0 Å². The van der Waals surface area contributed by atoms with Crippen molar-refractivity contribution in [1.82, 2.24) is 0 Å². The molecule has 0 amide bonds. The highest BCUT2D eigenvalue weighted by molar-refractivity contribution is 9.11. The molecule has 2 rings (SSSR count). The molecule has 0 saturated carbocycles. The van der Waals surface area contributed by atoms with Crippen LogP contribution in [0.15, 0.2) is 39.0 Å². The van der Waals surface area contributed by atoms with Crippen molar-refractivity contribution in [3.63, 3.8) is 0 Å². The van der Waals surface area contributed by atoms with Crippen molar-refractivity contribution in [3.05, 3.63) is 44.0 Å². The molecule has 0 saturated heterocycles. The molecular weight excluding hydrogens is 372 g/mol. The van der Waals surface area contributed by atoms with Crippen LogP contribution in [-0.4, -0.2) is 8.42 Å². The third-order valence-electron chi connectivity index (χ3n) is 2.35. The quantitative estimate of drug-likeness (QED) is 0.852. The van der Waals surface area contributed by atoms with Gasteiger partial charge in [-0.15, -0.1) is 11.3 Å². The third kappa shape index (κ3) is 3.93. The first-order valence-corrected chi connectivity index (χ1v) is 8.70. The van der Waals surface area contributed by atoms with Crippen molar-refractivity contribution in [2.24, 2.45) is 5.14 Å². The van der Waals surface area contributed by atoms with E-state index in [1.165, 1.54) is 18.2 Å². The summed E-state index contributed by atoms with van der Waals surface area (Å²) in [6, 6.07) is 8.24. The molecule has 1 aromatic heterocycles. The Morgan fingerprint density at radius 2 is 2.05 bits per heavy atom. The van der Waals surface area contributed by atoms with E-state index in [1.807, 2.05) is 12.1 Å². The Morgan fingerprint density at radius 1 is 1.32 bits per heavy atom. The molecule has 102 valence electrons. The SMILES string of the molecule is NS(=O)(=O)c1ccc(Cl)c(NCc2ccc(Br)s2)c1. The Balaban J connectivity index is 2.20. The van der Waals surface area contributed by atoms with Gasteiger partial charge in [0.1, 0.15) is 0 Å². The molecule has 0 bridgehead atoms. The molecular formula is C11H10BrClN2O2S2. The van der Waals surface area contributed by atoms with Crippen LogP contribution in [-0.2, 0) is 16.6 Å². The Morgan fingerprint density at radius 3 is 2.63 bits per heavy atom. The van der Waals surface area contributed by atoms with Gasteiger partial charge < -0.3 is 5.32 Å². The van der Waals surface area contributed by atoms with Crippen LogP contribution >= 0.6 is 38.9 Å². The fraction of sp³-hybridized carbons (Fsp3) is 0.0909. The van der Waals surface area contributed by atoms with E-state index in [4.69, 9.17) is 16.7 Å². The summed E-state index contributed by atoms with van der Waals surface area (Å²) in [7, 11) is -3.72. The van der Waals surface area contributed by atoms with Crippen molar-refractivity contribution in [2.45, 2.75) is 11.4 Å². The zero-order valence-electron chi connectivity index (χ0n) is 9.56. The maximum atomic E-state index is 11.3. The van der Waals surface area contributed by atoms with E-state index in [0.717, 1.165) is 8.66 Å². The number of benzene rings is 1. The minimum atomic E-state index is -3.72. The maximum absolute atomic E-state index is 11.3. The van der Waals surface area contributed by atoms with Crippen LogP contribution in [0.4, 0.5) is 5.69 Å². The number of hydrogen-bond acceptors (Lipinski definition) is 4. The lowest BCUT2D eigenvalue weighted by Crippen LogP contribution is -2.12. The molecule has 3 N–H and O–H groups in total. The van der Waals surface area contributed by atoms with E-state index in [-0.39, 0.29) is 4.90 Å². The fourth-order valence-electron chi connectivity index (χ4n) is 1.45. The van der Waals surface area contributed by atoms with Crippen LogP contribution < -0.4 is 10.5 Å². The van der Waals surface area contributed by atoms with Gasteiger partial charge in [0.15, 0.2) is 0 Å². The molecule has 0 aliphatic rings. The normalized spacial score (nSPS) is 11.5. The number of nitrogens with two attached hydrogens (primary N) is 1. The zero-order chi connectivity index (χ0) is 14.0. The maximum Gasteiger partial charge on any atom is 0.238 e. The molecule has 19 heavy (non-hydrogen) atoms. The van der Waals surface area contributed by atoms with Crippen LogP contribution in [0.2, 0.25) is 5.02 Å². The Kier molecular flexibility index (Phi) is 4.52. The number of hydrogen-bond donors (Lipinski definition) is 2. The third-order valence-corrected chi connectivity index (χ3v) is 5.21. The second-order valence-electron chi connectivity index (χ2n) is 3.75. The Labute approximate surface area is 128 Å². The summed E-state index contributed by atoms with van der Waals surface area (Å²) >= 11 is 11.0. The Hall–Kier alpha value is -0.600. The fourth-order valence-corrected chi connectivity index (χ4v) is 3.59. The molecule has 0 aliphatic carbocycles. The molecule has 0 atom stereocenters. The van der Waals surface area contributed by atoms with Crippen LogP contribution in [0.1, 0.15) is 4.88 Å². The second kappa shape index (κ2) is 5.80. The molecule has 0 radical (unpaired) electrons. The van der Waals surface area contributed by atoms with Crippen molar-refractivity contribution in [2.75, 3.05) is 5.32 Å². The number of halogens is 2. The van der Waals surface area contributed by atoms with E-state index in [1.54, 1.807) is 11.3 Å². The van der Waals surface area contributed by atoms with Crippen molar-refractivity contribution >= 4 is 54.6 Å². The number of rotatable bonds is 4. The predicted octanol–water partition coefficient (Wildman–Crippen LogP) is 3.42. The van der Waals surface area contributed by atoms with E-state index in [0.29, 0.717) is 17.3 Å². The van der Waals surface area contributed by atoms with Crippen LogP contribution in [0, 0.1) is 0 Å². The van der Waals surface area contributed by atoms with Crippen LogP contribution in [0.3, 0.4) is 0 Å². The summed E-state index contributed by atoms with van der Waals surface area (Å²) in [6.07, 6.45) is 0. The predicted molar refractivity (Wildman–Crippen MR) is 82.2 cm³/mol. The Bertz CT molecular complexity index is 700. The first-order valence-electron chi connectivity index (χ1n) is 5.17. The van der Waals surface area contributed by atoms with Crippen molar-refractivity contribution in [1.29, 1.82) is 0 Å². The summed E-state index contributed by atoms with van der Waals surface area (Å²) in [5, 5.41) is 8.62. The van der Waals surface area contributed by atoms with Crippen molar-refractivity contribution < 1.29 is 8.42 Å². The number of anilines is 1. The minimum Gasteiger partial charge on any atom is -0.379 e. The van der Waals surface area contributed by atoms with Gasteiger partial charge in [0.2, 0.25) is 10.0 Å². The lowest BCUT2D eigenvalue weighted by molar-refractivity contribution is 0.598. The van der Waals surface area contributed by atoms with E-state index in [2.05, 4.69) is 21.2 Å².